The molecule has 1 aliphatic heterocycles. The Morgan fingerprint density at radius 2 is 1.88 bits per heavy atom. The van der Waals surface area contributed by atoms with Crippen LogP contribution in [-0.2, 0) is 17.0 Å². The van der Waals surface area contributed by atoms with Gasteiger partial charge in [0.25, 0.3) is 5.91 Å². The van der Waals surface area contributed by atoms with E-state index in [1.807, 2.05) is 30.3 Å². The summed E-state index contributed by atoms with van der Waals surface area (Å²) in [4.78, 5) is 12.3. The van der Waals surface area contributed by atoms with Crippen molar-refractivity contribution >= 4 is 17.3 Å². The number of carbonyl (C=O) groups is 1. The molecule has 5 heteroatoms. The zero-order valence-electron chi connectivity index (χ0n) is 15.1. The van der Waals surface area contributed by atoms with E-state index in [1.165, 1.54) is 0 Å². The fourth-order valence-corrected chi connectivity index (χ4v) is 3.27. The van der Waals surface area contributed by atoms with Crippen molar-refractivity contribution in [3.8, 4) is 5.75 Å². The number of anilines is 2. The zero-order chi connectivity index (χ0) is 18.6. The Balaban J connectivity index is 1.71. The van der Waals surface area contributed by atoms with Gasteiger partial charge in [0.2, 0.25) is 0 Å². The van der Waals surface area contributed by atoms with E-state index in [0.717, 1.165) is 37.0 Å². The van der Waals surface area contributed by atoms with Gasteiger partial charge in [-0.3, -0.25) is 4.79 Å². The van der Waals surface area contributed by atoms with Crippen LogP contribution in [0.3, 0.4) is 0 Å². The summed E-state index contributed by atoms with van der Waals surface area (Å²) < 4.78 is 5.77. The normalized spacial score (nSPS) is 18.5. The smallest absolute Gasteiger partial charge is 0.261 e. The molecule has 0 fully saturated rings. The summed E-state index contributed by atoms with van der Waals surface area (Å²) in [6.45, 7) is 2.50. The van der Waals surface area contributed by atoms with Gasteiger partial charge >= 0.3 is 0 Å². The lowest BCUT2D eigenvalue weighted by atomic mass is 9.88. The number of nitrogens with two attached hydrogens (primary N) is 1. The number of hydrogen-bond acceptors (Lipinski definition) is 4. The highest BCUT2D eigenvalue weighted by Crippen LogP contribution is 2.40. The molecule has 2 aromatic rings. The number of nitrogen functional groups attached to an aromatic ring is 1. The van der Waals surface area contributed by atoms with Crippen molar-refractivity contribution in [3.63, 3.8) is 0 Å². The van der Waals surface area contributed by atoms with Crippen LogP contribution in [0.1, 0.15) is 50.2 Å². The third kappa shape index (κ3) is 3.83. The average Bonchev–Trinajstić information content (AvgIpc) is 2.89. The van der Waals surface area contributed by atoms with Gasteiger partial charge in [-0.25, -0.2) is 0 Å². The van der Waals surface area contributed by atoms with Gasteiger partial charge < -0.3 is 20.9 Å². The lowest BCUT2D eigenvalue weighted by Gasteiger charge is -2.21. The summed E-state index contributed by atoms with van der Waals surface area (Å²) in [5.41, 5.74) is 7.16. The lowest BCUT2D eigenvalue weighted by Crippen LogP contribution is -2.34. The third-order valence-electron chi connectivity index (χ3n) is 4.83. The van der Waals surface area contributed by atoms with Crippen molar-refractivity contribution in [1.82, 2.24) is 0 Å². The minimum absolute atomic E-state index is 0.333. The van der Waals surface area contributed by atoms with Crippen molar-refractivity contribution < 1.29 is 14.6 Å². The number of aliphatic hydroxyl groups is 1. The van der Waals surface area contributed by atoms with E-state index in [1.54, 1.807) is 12.1 Å². The Morgan fingerprint density at radius 3 is 2.62 bits per heavy atom. The molecule has 1 heterocycles. The van der Waals surface area contributed by atoms with Gasteiger partial charge in [0, 0.05) is 16.9 Å². The van der Waals surface area contributed by atoms with Gasteiger partial charge in [0.1, 0.15) is 12.4 Å². The number of fused-ring (bicyclic) bond motifs is 1. The Hall–Kier alpha value is -2.53. The molecule has 0 spiro atoms. The van der Waals surface area contributed by atoms with E-state index in [4.69, 9.17) is 10.5 Å². The van der Waals surface area contributed by atoms with Crippen molar-refractivity contribution in [2.75, 3.05) is 11.1 Å². The predicted molar refractivity (Wildman–Crippen MR) is 103 cm³/mol. The summed E-state index contributed by atoms with van der Waals surface area (Å²) in [6, 6.07) is 12.8. The van der Waals surface area contributed by atoms with Gasteiger partial charge in [0.05, 0.1) is 0 Å². The number of benzene rings is 2. The lowest BCUT2D eigenvalue weighted by molar-refractivity contribution is -0.134. The molecule has 1 aliphatic rings. The maximum atomic E-state index is 12.3. The summed E-state index contributed by atoms with van der Waals surface area (Å²) in [5, 5.41) is 13.8. The Kier molecular flexibility index (Phi) is 5.47. The molecule has 0 aromatic heterocycles. The molecule has 5 nitrogen and oxygen atoms in total. The zero-order valence-corrected chi connectivity index (χ0v) is 15.1. The van der Waals surface area contributed by atoms with Crippen molar-refractivity contribution in [1.29, 1.82) is 0 Å². The molecule has 0 aliphatic carbocycles. The highest BCUT2D eigenvalue weighted by atomic mass is 16.5. The van der Waals surface area contributed by atoms with E-state index >= 15 is 0 Å². The van der Waals surface area contributed by atoms with Gasteiger partial charge in [-0.05, 0) is 54.8 Å². The molecule has 1 amide bonds. The van der Waals surface area contributed by atoms with Crippen molar-refractivity contribution in [3.05, 3.63) is 53.6 Å². The van der Waals surface area contributed by atoms with Gasteiger partial charge in [-0.2, -0.15) is 0 Å². The summed E-state index contributed by atoms with van der Waals surface area (Å²) >= 11 is 0. The standard InChI is InChI=1S/C21H26N2O3/c1-2-3-4-5-12-21(25)18-13-15(6-11-19(18)23-20(21)24)14-26-17-9-7-16(22)8-10-17/h6-11,13,25H,2-5,12,14,22H2,1H3,(H,23,24). The number of hydrogen-bond donors (Lipinski definition) is 3. The van der Waals surface area contributed by atoms with Crippen LogP contribution >= 0.6 is 0 Å². The minimum atomic E-state index is -1.44. The van der Waals surface area contributed by atoms with E-state index in [2.05, 4.69) is 12.2 Å². The molecule has 0 bridgehead atoms. The molecule has 1 unspecified atom stereocenters. The van der Waals surface area contributed by atoms with Gasteiger partial charge in [-0.1, -0.05) is 32.3 Å². The highest BCUT2D eigenvalue weighted by Gasteiger charge is 2.44. The van der Waals surface area contributed by atoms with Crippen molar-refractivity contribution in [2.24, 2.45) is 0 Å². The first-order valence-corrected chi connectivity index (χ1v) is 9.18. The molecule has 1 atom stereocenters. The Bertz CT molecular complexity index is 773. The van der Waals surface area contributed by atoms with Gasteiger partial charge in [-0.15, -0.1) is 0 Å². The van der Waals surface area contributed by atoms with Crippen LogP contribution in [0.4, 0.5) is 11.4 Å². The molecule has 0 radical (unpaired) electrons. The Morgan fingerprint density at radius 1 is 1.12 bits per heavy atom. The summed E-state index contributed by atoms with van der Waals surface area (Å²) in [6.07, 6.45) is 4.51. The molecule has 0 saturated heterocycles. The van der Waals surface area contributed by atoms with Crippen LogP contribution in [0, 0.1) is 0 Å². The molecule has 26 heavy (non-hydrogen) atoms. The Labute approximate surface area is 154 Å². The fourth-order valence-electron chi connectivity index (χ4n) is 3.27. The van der Waals surface area contributed by atoms with E-state index in [0.29, 0.717) is 30.0 Å². The van der Waals surface area contributed by atoms with E-state index in [9.17, 15) is 9.90 Å². The number of rotatable bonds is 8. The predicted octanol–water partition coefficient (Wildman–Crippen LogP) is 3.96. The summed E-state index contributed by atoms with van der Waals surface area (Å²) in [5.74, 6) is 0.393. The number of amides is 1. The minimum Gasteiger partial charge on any atom is -0.489 e. The molecule has 138 valence electrons. The number of nitrogens with one attached hydrogen (secondary N) is 1. The molecular weight excluding hydrogens is 328 g/mol. The molecule has 2 aromatic carbocycles. The van der Waals surface area contributed by atoms with Gasteiger partial charge in [0.15, 0.2) is 5.60 Å². The second-order valence-electron chi connectivity index (χ2n) is 6.86. The highest BCUT2D eigenvalue weighted by molar-refractivity contribution is 6.04. The molecule has 3 rings (SSSR count). The second-order valence-corrected chi connectivity index (χ2v) is 6.86. The van der Waals surface area contributed by atoms with E-state index in [-0.39, 0.29) is 5.91 Å². The number of ether oxygens (including phenoxy) is 1. The number of unbranched alkanes of at least 4 members (excludes halogenated alkanes) is 3. The van der Waals surface area contributed by atoms with Crippen LogP contribution in [0.2, 0.25) is 0 Å². The first-order valence-electron chi connectivity index (χ1n) is 9.18. The first kappa shape index (κ1) is 18.3. The van der Waals surface area contributed by atoms with Crippen LogP contribution in [0.5, 0.6) is 5.75 Å². The quantitative estimate of drug-likeness (QED) is 0.495. The SMILES string of the molecule is CCCCCCC1(O)C(=O)Nc2ccc(COc3ccc(N)cc3)cc21. The maximum Gasteiger partial charge on any atom is 0.261 e. The van der Waals surface area contributed by atoms with E-state index < -0.39 is 5.60 Å². The van der Waals surface area contributed by atoms with Crippen LogP contribution in [0.25, 0.3) is 0 Å². The molecular formula is C21H26N2O3. The average molecular weight is 354 g/mol. The van der Waals surface area contributed by atoms with Crippen LogP contribution in [-0.4, -0.2) is 11.0 Å². The van der Waals surface area contributed by atoms with Crippen LogP contribution < -0.4 is 15.8 Å². The maximum absolute atomic E-state index is 12.3. The molecule has 0 saturated carbocycles. The van der Waals surface area contributed by atoms with Crippen LogP contribution in [0.15, 0.2) is 42.5 Å². The topological polar surface area (TPSA) is 84.6 Å². The largest absolute Gasteiger partial charge is 0.489 e. The number of carbonyl (C=O) groups excluding carboxylic acids is 1. The van der Waals surface area contributed by atoms with Crippen molar-refractivity contribution in [2.45, 2.75) is 51.2 Å². The monoisotopic (exact) mass is 354 g/mol. The fraction of sp³-hybridized carbons (Fsp3) is 0.381. The third-order valence-corrected chi connectivity index (χ3v) is 4.83. The first-order chi connectivity index (χ1) is 12.5. The summed E-state index contributed by atoms with van der Waals surface area (Å²) in [7, 11) is 0. The second kappa shape index (κ2) is 7.79. The molecule has 4 N–H and O–H groups in total.